The third-order valence-electron chi connectivity index (χ3n) is 6.53. The molecule has 2 saturated heterocycles. The quantitative estimate of drug-likeness (QED) is 0.499. The number of carbonyl (C=O) groups excluding carboxylic acids is 1. The highest BCUT2D eigenvalue weighted by Crippen LogP contribution is 2.29. The van der Waals surface area contributed by atoms with Crippen LogP contribution in [-0.4, -0.2) is 88.8 Å². The summed E-state index contributed by atoms with van der Waals surface area (Å²) in [7, 11) is 0. The molecular formula is C27H35N3O7. The SMILES string of the molecule is CCOc1ccccc1N1CCN(C(=O)C2CCN(Cc3cccc(O)c3)CC2)CC1.O=C(O)C(=O)O. The van der Waals surface area contributed by atoms with Crippen LogP contribution in [0.25, 0.3) is 0 Å². The molecule has 0 spiro atoms. The van der Waals surface area contributed by atoms with Crippen LogP contribution in [0.2, 0.25) is 0 Å². The zero-order valence-corrected chi connectivity index (χ0v) is 21.1. The van der Waals surface area contributed by atoms with Crippen molar-refractivity contribution in [3.63, 3.8) is 0 Å². The molecule has 0 atom stereocenters. The summed E-state index contributed by atoms with van der Waals surface area (Å²) in [6, 6.07) is 15.6. The Morgan fingerprint density at radius 3 is 2.14 bits per heavy atom. The largest absolute Gasteiger partial charge is 0.508 e. The Kier molecular flexibility index (Phi) is 10.1. The molecule has 10 heteroatoms. The van der Waals surface area contributed by atoms with E-state index in [2.05, 4.69) is 20.8 Å². The maximum Gasteiger partial charge on any atom is 0.414 e. The van der Waals surface area contributed by atoms with Gasteiger partial charge in [0.1, 0.15) is 11.5 Å². The fourth-order valence-electron chi connectivity index (χ4n) is 4.67. The van der Waals surface area contributed by atoms with Crippen LogP contribution in [0, 0.1) is 5.92 Å². The van der Waals surface area contributed by atoms with E-state index in [1.807, 2.05) is 43.3 Å². The molecule has 2 aliphatic heterocycles. The molecule has 1 amide bonds. The first-order valence-electron chi connectivity index (χ1n) is 12.5. The molecule has 0 unspecified atom stereocenters. The average molecular weight is 514 g/mol. The molecule has 2 aliphatic rings. The van der Waals surface area contributed by atoms with Gasteiger partial charge in [-0.15, -0.1) is 0 Å². The number of hydrogen-bond donors (Lipinski definition) is 3. The van der Waals surface area contributed by atoms with Gasteiger partial charge in [-0.25, -0.2) is 9.59 Å². The van der Waals surface area contributed by atoms with Crippen LogP contribution in [0.5, 0.6) is 11.5 Å². The van der Waals surface area contributed by atoms with Gasteiger partial charge in [-0.2, -0.15) is 0 Å². The van der Waals surface area contributed by atoms with E-state index >= 15 is 0 Å². The predicted octanol–water partition coefficient (Wildman–Crippen LogP) is 2.51. The van der Waals surface area contributed by atoms with E-state index in [0.29, 0.717) is 18.3 Å². The van der Waals surface area contributed by atoms with Crippen LogP contribution in [0.1, 0.15) is 25.3 Å². The lowest BCUT2D eigenvalue weighted by molar-refractivity contribution is -0.159. The van der Waals surface area contributed by atoms with Crippen molar-refractivity contribution in [2.75, 3.05) is 50.8 Å². The average Bonchev–Trinajstić information content (AvgIpc) is 2.90. The van der Waals surface area contributed by atoms with Gasteiger partial charge in [0.15, 0.2) is 0 Å². The number of piperazine rings is 1. The summed E-state index contributed by atoms with van der Waals surface area (Å²) in [5.74, 6) is -1.98. The van der Waals surface area contributed by atoms with Gasteiger partial charge in [0, 0.05) is 38.6 Å². The monoisotopic (exact) mass is 513 g/mol. The van der Waals surface area contributed by atoms with Gasteiger partial charge in [0.25, 0.3) is 0 Å². The number of rotatable bonds is 6. The Labute approximate surface area is 216 Å². The second-order valence-electron chi connectivity index (χ2n) is 9.04. The molecule has 0 bridgehead atoms. The van der Waals surface area contributed by atoms with Crippen molar-refractivity contribution in [3.8, 4) is 11.5 Å². The molecule has 200 valence electrons. The molecular weight excluding hydrogens is 478 g/mol. The molecule has 0 saturated carbocycles. The van der Waals surface area contributed by atoms with Crippen LogP contribution in [0.3, 0.4) is 0 Å². The number of aromatic hydroxyl groups is 1. The number of carboxylic acids is 2. The van der Waals surface area contributed by atoms with Crippen molar-refractivity contribution in [1.82, 2.24) is 9.80 Å². The molecule has 2 aromatic rings. The van der Waals surface area contributed by atoms with E-state index in [1.54, 1.807) is 6.07 Å². The Morgan fingerprint density at radius 2 is 1.54 bits per heavy atom. The highest BCUT2D eigenvalue weighted by atomic mass is 16.5. The van der Waals surface area contributed by atoms with Crippen LogP contribution in [0.4, 0.5) is 5.69 Å². The summed E-state index contributed by atoms with van der Waals surface area (Å²) in [5.41, 5.74) is 2.24. The minimum absolute atomic E-state index is 0.127. The molecule has 2 fully saturated rings. The number of anilines is 1. The third kappa shape index (κ3) is 8.11. The summed E-state index contributed by atoms with van der Waals surface area (Å²) < 4.78 is 5.78. The standard InChI is InChI=1S/C25H33N3O3.C2H2O4/c1-2-31-24-9-4-3-8-23(24)27-14-16-28(17-15-27)25(30)21-10-12-26(13-11-21)19-20-6-5-7-22(29)18-20;3-1(4)2(5)6/h3-9,18,21,29H,2,10-17,19H2,1H3;(H,3,4)(H,5,6). The second kappa shape index (κ2) is 13.5. The fraction of sp³-hybridized carbons (Fsp3) is 0.444. The Balaban J connectivity index is 0.000000568. The minimum Gasteiger partial charge on any atom is -0.508 e. The fourth-order valence-corrected chi connectivity index (χ4v) is 4.67. The highest BCUT2D eigenvalue weighted by molar-refractivity contribution is 6.27. The first-order valence-corrected chi connectivity index (χ1v) is 12.5. The number of carboxylic acid groups (broad SMARTS) is 2. The Bertz CT molecular complexity index is 1050. The summed E-state index contributed by atoms with van der Waals surface area (Å²) in [6.07, 6.45) is 1.82. The number of amides is 1. The molecule has 0 aliphatic carbocycles. The summed E-state index contributed by atoms with van der Waals surface area (Å²) in [4.78, 5) is 38.1. The number of benzene rings is 2. The first-order chi connectivity index (χ1) is 17.8. The molecule has 2 heterocycles. The smallest absolute Gasteiger partial charge is 0.414 e. The third-order valence-corrected chi connectivity index (χ3v) is 6.53. The zero-order chi connectivity index (χ0) is 26.8. The first kappa shape index (κ1) is 27.8. The number of phenolic OH excluding ortho intramolecular Hbond substituents is 1. The van der Waals surface area contributed by atoms with Crippen LogP contribution >= 0.6 is 0 Å². The van der Waals surface area contributed by atoms with Crippen LogP contribution in [-0.2, 0) is 20.9 Å². The van der Waals surface area contributed by atoms with E-state index in [0.717, 1.165) is 75.7 Å². The number of nitrogens with zero attached hydrogens (tertiary/aromatic N) is 3. The number of piperidine rings is 1. The van der Waals surface area contributed by atoms with Gasteiger partial charge in [0.2, 0.25) is 5.91 Å². The van der Waals surface area contributed by atoms with E-state index in [9.17, 15) is 9.90 Å². The summed E-state index contributed by atoms with van der Waals surface area (Å²) >= 11 is 0. The van der Waals surface area contributed by atoms with E-state index < -0.39 is 11.9 Å². The van der Waals surface area contributed by atoms with Gasteiger partial charge in [0.05, 0.1) is 12.3 Å². The lowest BCUT2D eigenvalue weighted by Gasteiger charge is -2.39. The van der Waals surface area contributed by atoms with Crippen molar-refractivity contribution >= 4 is 23.5 Å². The van der Waals surface area contributed by atoms with Crippen molar-refractivity contribution < 1.29 is 34.4 Å². The highest BCUT2D eigenvalue weighted by Gasteiger charge is 2.31. The minimum atomic E-state index is -1.82. The topological polar surface area (TPSA) is 131 Å². The van der Waals surface area contributed by atoms with Gasteiger partial charge >= 0.3 is 11.9 Å². The lowest BCUT2D eigenvalue weighted by atomic mass is 9.94. The number of ether oxygens (including phenoxy) is 1. The number of phenols is 1. The molecule has 0 radical (unpaired) electrons. The van der Waals surface area contributed by atoms with Crippen molar-refractivity contribution in [1.29, 1.82) is 0 Å². The number of para-hydroxylation sites is 2. The van der Waals surface area contributed by atoms with Gasteiger partial charge in [-0.05, 0) is 62.7 Å². The predicted molar refractivity (Wildman–Crippen MR) is 138 cm³/mol. The van der Waals surface area contributed by atoms with Gasteiger partial charge in [-0.3, -0.25) is 9.69 Å². The molecule has 3 N–H and O–H groups in total. The lowest BCUT2D eigenvalue weighted by Crippen LogP contribution is -2.51. The Morgan fingerprint density at radius 1 is 0.892 bits per heavy atom. The summed E-state index contributed by atoms with van der Waals surface area (Å²) in [5, 5.41) is 24.4. The number of aliphatic carboxylic acids is 2. The second-order valence-corrected chi connectivity index (χ2v) is 9.04. The van der Waals surface area contributed by atoms with Crippen molar-refractivity contribution in [2.45, 2.75) is 26.3 Å². The maximum atomic E-state index is 13.1. The van der Waals surface area contributed by atoms with Crippen molar-refractivity contribution in [3.05, 3.63) is 54.1 Å². The molecule has 37 heavy (non-hydrogen) atoms. The normalized spacial score (nSPS) is 16.5. The zero-order valence-electron chi connectivity index (χ0n) is 21.1. The van der Waals surface area contributed by atoms with Gasteiger partial charge in [-0.1, -0.05) is 24.3 Å². The van der Waals surface area contributed by atoms with Crippen LogP contribution < -0.4 is 9.64 Å². The number of hydrogen-bond acceptors (Lipinski definition) is 7. The van der Waals surface area contributed by atoms with E-state index in [1.165, 1.54) is 0 Å². The molecule has 10 nitrogen and oxygen atoms in total. The van der Waals surface area contributed by atoms with E-state index in [-0.39, 0.29) is 5.92 Å². The van der Waals surface area contributed by atoms with Crippen LogP contribution in [0.15, 0.2) is 48.5 Å². The molecule has 0 aromatic heterocycles. The number of carbonyl (C=O) groups is 3. The maximum absolute atomic E-state index is 13.1. The van der Waals surface area contributed by atoms with Gasteiger partial charge < -0.3 is 29.9 Å². The number of likely N-dealkylation sites (tertiary alicyclic amines) is 1. The van der Waals surface area contributed by atoms with E-state index in [4.69, 9.17) is 24.5 Å². The molecule has 4 rings (SSSR count). The Hall–Kier alpha value is -3.79. The molecule has 2 aromatic carbocycles. The van der Waals surface area contributed by atoms with Crippen molar-refractivity contribution in [2.24, 2.45) is 5.92 Å². The summed E-state index contributed by atoms with van der Waals surface area (Å²) in [6.45, 7) is 8.54.